The lowest BCUT2D eigenvalue weighted by molar-refractivity contribution is -0.115. The lowest BCUT2D eigenvalue weighted by atomic mass is 10.2. The van der Waals surface area contributed by atoms with E-state index < -0.39 is 12.7 Å². The topological polar surface area (TPSA) is 37.8 Å². The molecule has 0 unspecified atom stereocenters. The number of fused-ring (bicyclic) bond motifs is 1. The van der Waals surface area contributed by atoms with Crippen molar-refractivity contribution in [1.82, 2.24) is 9.97 Å². The van der Waals surface area contributed by atoms with Crippen molar-refractivity contribution in [2.45, 2.75) is 6.18 Å². The number of anilines is 1. The van der Waals surface area contributed by atoms with Gasteiger partial charge in [0.2, 0.25) is 5.95 Å². The van der Waals surface area contributed by atoms with Gasteiger partial charge in [-0.3, -0.25) is 0 Å². The first kappa shape index (κ1) is 10.7. The second-order valence-electron chi connectivity index (χ2n) is 3.22. The summed E-state index contributed by atoms with van der Waals surface area (Å²) in [5.74, 6) is -0.0176. The SMILES string of the molecule is FC(F)(F)CNc1ncc2ccccc2n1. The lowest BCUT2D eigenvalue weighted by Crippen LogP contribution is -2.22. The van der Waals surface area contributed by atoms with Crippen LogP contribution in [0.25, 0.3) is 10.9 Å². The molecule has 2 aromatic rings. The van der Waals surface area contributed by atoms with Crippen LogP contribution in [-0.2, 0) is 0 Å². The van der Waals surface area contributed by atoms with Crippen LogP contribution in [0.3, 0.4) is 0 Å². The Morgan fingerprint density at radius 1 is 1.19 bits per heavy atom. The van der Waals surface area contributed by atoms with Crippen molar-refractivity contribution in [2.75, 3.05) is 11.9 Å². The number of rotatable bonds is 2. The van der Waals surface area contributed by atoms with Gasteiger partial charge in [-0.2, -0.15) is 13.2 Å². The molecule has 1 N–H and O–H groups in total. The summed E-state index contributed by atoms with van der Waals surface area (Å²) in [6, 6.07) is 7.09. The molecule has 0 aliphatic rings. The van der Waals surface area contributed by atoms with Gasteiger partial charge in [0.05, 0.1) is 5.52 Å². The Morgan fingerprint density at radius 2 is 1.94 bits per heavy atom. The summed E-state index contributed by atoms with van der Waals surface area (Å²) in [7, 11) is 0. The van der Waals surface area contributed by atoms with Crippen molar-refractivity contribution in [3.05, 3.63) is 30.5 Å². The van der Waals surface area contributed by atoms with Gasteiger partial charge in [-0.15, -0.1) is 0 Å². The standard InChI is InChI=1S/C10H8F3N3/c11-10(12,13)6-15-9-14-5-7-3-1-2-4-8(7)16-9/h1-5H,6H2,(H,14,15,16). The van der Waals surface area contributed by atoms with Gasteiger partial charge < -0.3 is 5.32 Å². The molecule has 0 saturated carbocycles. The summed E-state index contributed by atoms with van der Waals surface area (Å²) in [4.78, 5) is 7.74. The number of halogens is 3. The summed E-state index contributed by atoms with van der Waals surface area (Å²) < 4.78 is 35.8. The Bertz CT molecular complexity index is 496. The Balaban J connectivity index is 2.20. The average Bonchev–Trinajstić information content (AvgIpc) is 2.25. The molecule has 0 amide bonds. The van der Waals surface area contributed by atoms with E-state index in [0.717, 1.165) is 5.39 Å². The number of hydrogen-bond donors (Lipinski definition) is 1. The Morgan fingerprint density at radius 3 is 2.69 bits per heavy atom. The summed E-state index contributed by atoms with van der Waals surface area (Å²) in [6.07, 6.45) is -2.78. The van der Waals surface area contributed by atoms with Crippen molar-refractivity contribution in [1.29, 1.82) is 0 Å². The minimum absolute atomic E-state index is 0.0176. The number of nitrogens with one attached hydrogen (secondary N) is 1. The van der Waals surface area contributed by atoms with E-state index in [4.69, 9.17) is 0 Å². The molecule has 0 fully saturated rings. The highest BCUT2D eigenvalue weighted by atomic mass is 19.4. The summed E-state index contributed by atoms with van der Waals surface area (Å²) in [5, 5.41) is 2.92. The Hall–Kier alpha value is -1.85. The molecular weight excluding hydrogens is 219 g/mol. The van der Waals surface area contributed by atoms with E-state index in [1.807, 2.05) is 6.07 Å². The zero-order valence-corrected chi connectivity index (χ0v) is 8.12. The van der Waals surface area contributed by atoms with Crippen LogP contribution in [0.15, 0.2) is 30.5 Å². The second-order valence-corrected chi connectivity index (χ2v) is 3.22. The third kappa shape index (κ3) is 2.59. The van der Waals surface area contributed by atoms with Crippen LogP contribution in [0.2, 0.25) is 0 Å². The molecule has 1 aromatic carbocycles. The largest absolute Gasteiger partial charge is 0.405 e. The molecule has 0 radical (unpaired) electrons. The molecule has 1 heterocycles. The first-order valence-corrected chi connectivity index (χ1v) is 4.57. The van der Waals surface area contributed by atoms with E-state index in [1.54, 1.807) is 18.2 Å². The van der Waals surface area contributed by atoms with Gasteiger partial charge in [0.1, 0.15) is 6.54 Å². The maximum Gasteiger partial charge on any atom is 0.405 e. The first-order chi connectivity index (χ1) is 7.54. The van der Waals surface area contributed by atoms with E-state index >= 15 is 0 Å². The Labute approximate surface area is 89.3 Å². The molecule has 0 aliphatic carbocycles. The molecule has 0 saturated heterocycles. The number of benzene rings is 1. The van der Waals surface area contributed by atoms with E-state index in [1.165, 1.54) is 6.20 Å². The van der Waals surface area contributed by atoms with Crippen LogP contribution in [0, 0.1) is 0 Å². The van der Waals surface area contributed by atoms with Crippen LogP contribution >= 0.6 is 0 Å². The smallest absolute Gasteiger partial charge is 0.345 e. The zero-order valence-electron chi connectivity index (χ0n) is 8.12. The highest BCUT2D eigenvalue weighted by Gasteiger charge is 2.26. The van der Waals surface area contributed by atoms with Crippen LogP contribution < -0.4 is 5.32 Å². The van der Waals surface area contributed by atoms with Gasteiger partial charge in [0.25, 0.3) is 0 Å². The molecule has 6 heteroatoms. The number of aromatic nitrogens is 2. The van der Waals surface area contributed by atoms with E-state index in [-0.39, 0.29) is 5.95 Å². The Kier molecular flexibility index (Phi) is 2.64. The number of hydrogen-bond acceptors (Lipinski definition) is 3. The third-order valence-corrected chi connectivity index (χ3v) is 1.94. The second kappa shape index (κ2) is 3.96. The van der Waals surface area contributed by atoms with E-state index in [2.05, 4.69) is 15.3 Å². The monoisotopic (exact) mass is 227 g/mol. The van der Waals surface area contributed by atoms with Gasteiger partial charge in [0, 0.05) is 11.6 Å². The minimum Gasteiger partial charge on any atom is -0.345 e. The predicted octanol–water partition coefficient (Wildman–Crippen LogP) is 2.60. The van der Waals surface area contributed by atoms with Crippen LogP contribution in [0.4, 0.5) is 19.1 Å². The van der Waals surface area contributed by atoms with Gasteiger partial charge in [-0.05, 0) is 6.07 Å². The van der Waals surface area contributed by atoms with Gasteiger partial charge >= 0.3 is 6.18 Å². The zero-order chi connectivity index (χ0) is 11.6. The maximum absolute atomic E-state index is 11.9. The van der Waals surface area contributed by atoms with Crippen molar-refractivity contribution in [3.8, 4) is 0 Å². The molecular formula is C10H8F3N3. The lowest BCUT2D eigenvalue weighted by Gasteiger charge is -2.08. The summed E-state index contributed by atoms with van der Waals surface area (Å²) in [6.45, 7) is -1.13. The quantitative estimate of drug-likeness (QED) is 0.856. The van der Waals surface area contributed by atoms with Crippen molar-refractivity contribution in [3.63, 3.8) is 0 Å². The van der Waals surface area contributed by atoms with E-state index in [0.29, 0.717) is 5.52 Å². The van der Waals surface area contributed by atoms with Crippen LogP contribution in [-0.4, -0.2) is 22.7 Å². The minimum atomic E-state index is -4.27. The predicted molar refractivity (Wildman–Crippen MR) is 54.1 cm³/mol. The fourth-order valence-electron chi connectivity index (χ4n) is 1.24. The normalized spacial score (nSPS) is 11.7. The van der Waals surface area contributed by atoms with Gasteiger partial charge in [-0.1, -0.05) is 18.2 Å². The van der Waals surface area contributed by atoms with Crippen molar-refractivity contribution >= 4 is 16.9 Å². The van der Waals surface area contributed by atoms with Crippen molar-refractivity contribution in [2.24, 2.45) is 0 Å². The van der Waals surface area contributed by atoms with Crippen molar-refractivity contribution < 1.29 is 13.2 Å². The van der Waals surface area contributed by atoms with Gasteiger partial charge in [0.15, 0.2) is 0 Å². The molecule has 0 aliphatic heterocycles. The highest BCUT2D eigenvalue weighted by Crippen LogP contribution is 2.16. The fourth-order valence-corrected chi connectivity index (χ4v) is 1.24. The summed E-state index contributed by atoms with van der Waals surface area (Å²) in [5.41, 5.74) is 0.613. The van der Waals surface area contributed by atoms with E-state index in [9.17, 15) is 13.2 Å². The summed E-state index contributed by atoms with van der Waals surface area (Å²) >= 11 is 0. The molecule has 1 aromatic heterocycles. The molecule has 3 nitrogen and oxygen atoms in total. The van der Waals surface area contributed by atoms with Gasteiger partial charge in [-0.25, -0.2) is 9.97 Å². The van der Waals surface area contributed by atoms with Crippen LogP contribution in [0.5, 0.6) is 0 Å². The number of para-hydroxylation sites is 1. The number of alkyl halides is 3. The fraction of sp³-hybridized carbons (Fsp3) is 0.200. The third-order valence-electron chi connectivity index (χ3n) is 1.94. The van der Waals surface area contributed by atoms with Crippen LogP contribution in [0.1, 0.15) is 0 Å². The first-order valence-electron chi connectivity index (χ1n) is 4.57. The highest BCUT2D eigenvalue weighted by molar-refractivity contribution is 5.78. The molecule has 0 atom stereocenters. The molecule has 84 valence electrons. The molecule has 0 bridgehead atoms. The number of nitrogens with zero attached hydrogens (tertiary/aromatic N) is 2. The molecule has 2 rings (SSSR count). The maximum atomic E-state index is 11.9. The molecule has 0 spiro atoms. The average molecular weight is 227 g/mol. The molecule has 16 heavy (non-hydrogen) atoms.